The second-order valence-electron chi connectivity index (χ2n) is 4.03. The average molecular weight is 169 g/mol. The van der Waals surface area contributed by atoms with Gasteiger partial charge in [-0.25, -0.2) is 0 Å². The van der Waals surface area contributed by atoms with Crippen molar-refractivity contribution in [2.45, 2.75) is 25.7 Å². The Morgan fingerprint density at radius 1 is 1.50 bits per heavy atom. The van der Waals surface area contributed by atoms with E-state index in [1.807, 2.05) is 0 Å². The van der Waals surface area contributed by atoms with E-state index in [1.165, 1.54) is 6.42 Å². The molecule has 0 amide bonds. The Morgan fingerprint density at radius 2 is 2.33 bits per heavy atom. The van der Waals surface area contributed by atoms with Gasteiger partial charge in [0.05, 0.1) is 5.41 Å². The Bertz CT molecular complexity index is 205. The van der Waals surface area contributed by atoms with Crippen LogP contribution in [-0.2, 0) is 4.79 Å². The monoisotopic (exact) mass is 169 g/mol. The highest BCUT2D eigenvalue weighted by Gasteiger charge is 2.49. The highest BCUT2D eigenvalue weighted by atomic mass is 16.4. The summed E-state index contributed by atoms with van der Waals surface area (Å²) in [4.78, 5) is 11.1. The lowest BCUT2D eigenvalue weighted by Gasteiger charge is -2.34. The fraction of sp³-hybridized carbons (Fsp3) is 0.889. The fourth-order valence-corrected chi connectivity index (χ4v) is 2.67. The topological polar surface area (TPSA) is 49.3 Å². The Hall–Kier alpha value is -0.570. The van der Waals surface area contributed by atoms with Gasteiger partial charge in [-0.2, -0.15) is 0 Å². The normalized spacial score (nSPS) is 40.8. The minimum absolute atomic E-state index is 0.392. The highest BCUT2D eigenvalue weighted by Crippen LogP contribution is 2.43. The molecule has 0 aromatic rings. The van der Waals surface area contributed by atoms with Crippen LogP contribution in [0.3, 0.4) is 0 Å². The number of carboxylic acids is 1. The molecule has 1 saturated heterocycles. The molecule has 0 bridgehead atoms. The van der Waals surface area contributed by atoms with Crippen molar-refractivity contribution in [3.63, 3.8) is 0 Å². The maximum absolute atomic E-state index is 11.1. The molecule has 1 aliphatic heterocycles. The Balaban J connectivity index is 2.23. The zero-order valence-corrected chi connectivity index (χ0v) is 7.18. The predicted octanol–water partition coefficient (Wildman–Crippen LogP) is 0.851. The van der Waals surface area contributed by atoms with Gasteiger partial charge >= 0.3 is 5.97 Å². The Morgan fingerprint density at radius 3 is 3.00 bits per heavy atom. The van der Waals surface area contributed by atoms with Crippen LogP contribution in [0.5, 0.6) is 0 Å². The van der Waals surface area contributed by atoms with Crippen LogP contribution in [0.4, 0.5) is 0 Å². The summed E-state index contributed by atoms with van der Waals surface area (Å²) in [7, 11) is 0. The van der Waals surface area contributed by atoms with E-state index in [9.17, 15) is 4.79 Å². The number of hydrogen-bond donors (Lipinski definition) is 2. The van der Waals surface area contributed by atoms with Crippen LogP contribution >= 0.6 is 0 Å². The summed E-state index contributed by atoms with van der Waals surface area (Å²) in [6, 6.07) is 0. The van der Waals surface area contributed by atoms with Gasteiger partial charge in [0.15, 0.2) is 0 Å². The van der Waals surface area contributed by atoms with Crippen molar-refractivity contribution in [2.75, 3.05) is 13.1 Å². The van der Waals surface area contributed by atoms with Crippen LogP contribution in [0.25, 0.3) is 0 Å². The van der Waals surface area contributed by atoms with Gasteiger partial charge in [0.25, 0.3) is 0 Å². The van der Waals surface area contributed by atoms with Crippen molar-refractivity contribution < 1.29 is 9.90 Å². The first-order chi connectivity index (χ1) is 5.76. The van der Waals surface area contributed by atoms with Crippen LogP contribution in [0, 0.1) is 11.3 Å². The van der Waals surface area contributed by atoms with Gasteiger partial charge in [-0.05, 0) is 25.3 Å². The van der Waals surface area contributed by atoms with Crippen molar-refractivity contribution in [3.05, 3.63) is 0 Å². The molecule has 2 atom stereocenters. The maximum atomic E-state index is 11.1. The molecule has 1 heterocycles. The van der Waals surface area contributed by atoms with E-state index in [0.29, 0.717) is 12.5 Å². The lowest BCUT2D eigenvalue weighted by atomic mass is 9.68. The largest absolute Gasteiger partial charge is 0.481 e. The van der Waals surface area contributed by atoms with E-state index < -0.39 is 11.4 Å². The lowest BCUT2D eigenvalue weighted by molar-refractivity contribution is -0.152. The smallest absolute Gasteiger partial charge is 0.311 e. The summed E-state index contributed by atoms with van der Waals surface area (Å²) in [5.41, 5.74) is -0.405. The molecule has 0 aromatic carbocycles. The standard InChI is InChI=1S/C9H15NO2/c11-8(12)9-4-2-1-3-7(9)5-10-6-9/h7,10H,1-6H2,(H,11,12)/t7-,9+/m1/s1. The van der Waals surface area contributed by atoms with Gasteiger partial charge in [-0.1, -0.05) is 12.8 Å². The molecule has 2 N–H and O–H groups in total. The third kappa shape index (κ3) is 0.959. The zero-order valence-electron chi connectivity index (χ0n) is 7.18. The molecule has 0 aromatic heterocycles. The van der Waals surface area contributed by atoms with Crippen molar-refractivity contribution in [1.82, 2.24) is 5.32 Å². The first kappa shape index (κ1) is 8.05. The minimum atomic E-state index is -0.586. The number of carbonyl (C=O) groups is 1. The molecular formula is C9H15NO2. The second-order valence-corrected chi connectivity index (χ2v) is 4.03. The molecule has 2 rings (SSSR count). The number of aliphatic carboxylic acids is 1. The minimum Gasteiger partial charge on any atom is -0.481 e. The SMILES string of the molecule is O=C(O)[C@]12CCCC[C@@H]1CNC2. The van der Waals surface area contributed by atoms with Crippen molar-refractivity contribution in [2.24, 2.45) is 11.3 Å². The van der Waals surface area contributed by atoms with Crippen molar-refractivity contribution >= 4 is 5.97 Å². The van der Waals surface area contributed by atoms with Crippen molar-refractivity contribution in [3.8, 4) is 0 Å². The quantitative estimate of drug-likeness (QED) is 0.612. The molecule has 1 saturated carbocycles. The van der Waals surface area contributed by atoms with Gasteiger partial charge in [0.1, 0.15) is 0 Å². The number of rotatable bonds is 1. The van der Waals surface area contributed by atoms with E-state index in [4.69, 9.17) is 5.11 Å². The van der Waals surface area contributed by atoms with Crippen LogP contribution in [0.2, 0.25) is 0 Å². The summed E-state index contributed by atoms with van der Waals surface area (Å²) in [5, 5.41) is 12.4. The molecule has 12 heavy (non-hydrogen) atoms. The van der Waals surface area contributed by atoms with Crippen LogP contribution in [0.15, 0.2) is 0 Å². The Labute approximate surface area is 72.2 Å². The molecule has 2 aliphatic rings. The molecular weight excluding hydrogens is 154 g/mol. The van der Waals surface area contributed by atoms with Gasteiger partial charge in [0, 0.05) is 6.54 Å². The molecule has 0 radical (unpaired) electrons. The van der Waals surface area contributed by atoms with Crippen LogP contribution in [0.1, 0.15) is 25.7 Å². The maximum Gasteiger partial charge on any atom is 0.311 e. The lowest BCUT2D eigenvalue weighted by Crippen LogP contribution is -2.40. The summed E-state index contributed by atoms with van der Waals surface area (Å²) in [6.45, 7) is 1.60. The summed E-state index contributed by atoms with van der Waals surface area (Å²) >= 11 is 0. The third-order valence-corrected chi connectivity index (χ3v) is 3.46. The third-order valence-electron chi connectivity index (χ3n) is 3.46. The van der Waals surface area contributed by atoms with Crippen LogP contribution < -0.4 is 5.32 Å². The molecule has 2 fully saturated rings. The summed E-state index contributed by atoms with van der Waals surface area (Å²) in [6.07, 6.45) is 4.27. The van der Waals surface area contributed by atoms with Crippen LogP contribution in [-0.4, -0.2) is 24.2 Å². The van der Waals surface area contributed by atoms with E-state index in [-0.39, 0.29) is 0 Å². The molecule has 68 valence electrons. The van der Waals surface area contributed by atoms with E-state index in [0.717, 1.165) is 25.8 Å². The highest BCUT2D eigenvalue weighted by molar-refractivity contribution is 5.76. The van der Waals surface area contributed by atoms with Gasteiger partial charge in [-0.3, -0.25) is 4.79 Å². The zero-order chi connectivity index (χ0) is 8.60. The molecule has 0 unspecified atom stereocenters. The number of hydrogen-bond acceptors (Lipinski definition) is 2. The Kier molecular flexibility index (Phi) is 1.83. The predicted molar refractivity (Wildman–Crippen MR) is 44.9 cm³/mol. The van der Waals surface area contributed by atoms with Gasteiger partial charge < -0.3 is 10.4 Å². The fourth-order valence-electron chi connectivity index (χ4n) is 2.67. The van der Waals surface area contributed by atoms with Gasteiger partial charge in [-0.15, -0.1) is 0 Å². The van der Waals surface area contributed by atoms with E-state index in [1.54, 1.807) is 0 Å². The molecule has 3 nitrogen and oxygen atoms in total. The number of carboxylic acid groups (broad SMARTS) is 1. The average Bonchev–Trinajstić information content (AvgIpc) is 2.48. The summed E-state index contributed by atoms with van der Waals surface area (Å²) in [5.74, 6) is -0.194. The molecule has 0 spiro atoms. The van der Waals surface area contributed by atoms with Crippen molar-refractivity contribution in [1.29, 1.82) is 0 Å². The van der Waals surface area contributed by atoms with E-state index in [2.05, 4.69) is 5.32 Å². The summed E-state index contributed by atoms with van der Waals surface area (Å²) < 4.78 is 0. The second kappa shape index (κ2) is 2.73. The molecule has 3 heteroatoms. The van der Waals surface area contributed by atoms with E-state index >= 15 is 0 Å². The number of fused-ring (bicyclic) bond motifs is 1. The first-order valence-corrected chi connectivity index (χ1v) is 4.70. The first-order valence-electron chi connectivity index (χ1n) is 4.70. The number of nitrogens with one attached hydrogen (secondary N) is 1. The molecule has 1 aliphatic carbocycles. The van der Waals surface area contributed by atoms with Gasteiger partial charge in [0.2, 0.25) is 0 Å².